The van der Waals surface area contributed by atoms with Crippen molar-refractivity contribution in [3.05, 3.63) is 23.9 Å². The molecule has 18 heavy (non-hydrogen) atoms. The number of aromatic nitrogens is 1. The molecular weight excluding hydrogens is 232 g/mol. The molecule has 1 aromatic heterocycles. The van der Waals surface area contributed by atoms with Crippen molar-refractivity contribution >= 4 is 17.6 Å². The summed E-state index contributed by atoms with van der Waals surface area (Å²) in [7, 11) is 1.53. The maximum absolute atomic E-state index is 12.0. The van der Waals surface area contributed by atoms with Crippen LogP contribution in [0.4, 0.5) is 5.82 Å². The van der Waals surface area contributed by atoms with Crippen LogP contribution >= 0.6 is 0 Å². The van der Waals surface area contributed by atoms with E-state index in [1.165, 1.54) is 7.05 Å². The van der Waals surface area contributed by atoms with Gasteiger partial charge in [0.1, 0.15) is 11.9 Å². The van der Waals surface area contributed by atoms with E-state index in [0.29, 0.717) is 17.9 Å². The molecule has 0 saturated heterocycles. The Morgan fingerprint density at radius 2 is 2.17 bits per heavy atom. The molecule has 2 amide bonds. The maximum atomic E-state index is 12.0. The van der Waals surface area contributed by atoms with Gasteiger partial charge in [0.2, 0.25) is 5.91 Å². The summed E-state index contributed by atoms with van der Waals surface area (Å²) in [5, 5.41) is 8.09. The summed E-state index contributed by atoms with van der Waals surface area (Å²) >= 11 is 0. The van der Waals surface area contributed by atoms with Crippen LogP contribution in [0, 0.1) is 0 Å². The molecular formula is C12H18N4O2. The van der Waals surface area contributed by atoms with Gasteiger partial charge in [-0.3, -0.25) is 9.59 Å². The quantitative estimate of drug-likeness (QED) is 0.705. The van der Waals surface area contributed by atoms with E-state index in [1.807, 2.05) is 6.92 Å². The van der Waals surface area contributed by atoms with Crippen LogP contribution in [-0.2, 0) is 4.79 Å². The Balaban J connectivity index is 2.81. The number of carbonyl (C=O) groups is 2. The van der Waals surface area contributed by atoms with Crippen molar-refractivity contribution in [2.75, 3.05) is 18.9 Å². The molecule has 0 aliphatic carbocycles. The van der Waals surface area contributed by atoms with Crippen molar-refractivity contribution in [3.63, 3.8) is 0 Å². The van der Waals surface area contributed by atoms with Gasteiger partial charge in [-0.25, -0.2) is 4.98 Å². The number of rotatable bonds is 5. The highest BCUT2D eigenvalue weighted by Crippen LogP contribution is 2.10. The second-order valence-electron chi connectivity index (χ2n) is 3.74. The minimum Gasteiger partial charge on any atom is -0.370 e. The van der Waals surface area contributed by atoms with E-state index in [1.54, 1.807) is 25.3 Å². The van der Waals surface area contributed by atoms with Crippen molar-refractivity contribution in [2.24, 2.45) is 0 Å². The highest BCUT2D eigenvalue weighted by atomic mass is 16.2. The van der Waals surface area contributed by atoms with Gasteiger partial charge >= 0.3 is 0 Å². The standard InChI is InChI=1S/C12H18N4O2/c1-4-14-10-9(6-5-7-15-10)12(18)16-8(2)11(17)13-3/h5-8H,4H2,1-3H3,(H,13,17)(H,14,15)(H,16,18). The summed E-state index contributed by atoms with van der Waals surface area (Å²) in [5.41, 5.74) is 0.426. The van der Waals surface area contributed by atoms with Gasteiger partial charge in [0, 0.05) is 19.8 Å². The van der Waals surface area contributed by atoms with Crippen molar-refractivity contribution in [1.29, 1.82) is 0 Å². The minimum atomic E-state index is -0.586. The Kier molecular flexibility index (Phi) is 5.10. The molecule has 98 valence electrons. The van der Waals surface area contributed by atoms with Crippen LogP contribution in [0.1, 0.15) is 24.2 Å². The molecule has 6 nitrogen and oxygen atoms in total. The number of pyridine rings is 1. The van der Waals surface area contributed by atoms with Crippen LogP contribution in [0.25, 0.3) is 0 Å². The minimum absolute atomic E-state index is 0.239. The van der Waals surface area contributed by atoms with Gasteiger partial charge in [-0.05, 0) is 26.0 Å². The number of hydrogen-bond donors (Lipinski definition) is 3. The zero-order chi connectivity index (χ0) is 13.5. The fourth-order valence-electron chi connectivity index (χ4n) is 1.45. The summed E-state index contributed by atoms with van der Waals surface area (Å²) in [4.78, 5) is 27.4. The van der Waals surface area contributed by atoms with Gasteiger partial charge in [0.25, 0.3) is 5.91 Å². The van der Waals surface area contributed by atoms with E-state index < -0.39 is 6.04 Å². The van der Waals surface area contributed by atoms with Gasteiger partial charge in [-0.2, -0.15) is 0 Å². The maximum Gasteiger partial charge on any atom is 0.255 e. The van der Waals surface area contributed by atoms with Gasteiger partial charge in [-0.15, -0.1) is 0 Å². The van der Waals surface area contributed by atoms with Crippen LogP contribution < -0.4 is 16.0 Å². The van der Waals surface area contributed by atoms with E-state index >= 15 is 0 Å². The van der Waals surface area contributed by atoms with Gasteiger partial charge in [-0.1, -0.05) is 0 Å². The van der Waals surface area contributed by atoms with Crippen molar-refractivity contribution in [1.82, 2.24) is 15.6 Å². The summed E-state index contributed by atoms with van der Waals surface area (Å²) in [6, 6.07) is 2.76. The summed E-state index contributed by atoms with van der Waals surface area (Å²) in [6.07, 6.45) is 1.61. The normalized spacial score (nSPS) is 11.5. The predicted molar refractivity (Wildman–Crippen MR) is 69.4 cm³/mol. The first-order chi connectivity index (χ1) is 8.60. The molecule has 0 aromatic carbocycles. The first-order valence-corrected chi connectivity index (χ1v) is 5.81. The van der Waals surface area contributed by atoms with Crippen LogP contribution in [0.3, 0.4) is 0 Å². The molecule has 0 fully saturated rings. The molecule has 1 heterocycles. The Morgan fingerprint density at radius 3 is 2.78 bits per heavy atom. The van der Waals surface area contributed by atoms with Crippen LogP contribution in [0.2, 0.25) is 0 Å². The number of hydrogen-bond acceptors (Lipinski definition) is 4. The van der Waals surface area contributed by atoms with E-state index in [2.05, 4.69) is 20.9 Å². The molecule has 0 aliphatic heterocycles. The van der Waals surface area contributed by atoms with Gasteiger partial charge in [0.15, 0.2) is 0 Å². The first kappa shape index (κ1) is 14.0. The molecule has 1 aromatic rings. The SMILES string of the molecule is CCNc1ncccc1C(=O)NC(C)C(=O)NC. The second-order valence-corrected chi connectivity index (χ2v) is 3.74. The van der Waals surface area contributed by atoms with Gasteiger partial charge in [0.05, 0.1) is 5.56 Å². The van der Waals surface area contributed by atoms with Crippen molar-refractivity contribution < 1.29 is 9.59 Å². The molecule has 1 atom stereocenters. The lowest BCUT2D eigenvalue weighted by molar-refractivity contribution is -0.122. The monoisotopic (exact) mass is 250 g/mol. The van der Waals surface area contributed by atoms with E-state index in [4.69, 9.17) is 0 Å². The highest BCUT2D eigenvalue weighted by molar-refractivity contribution is 6.00. The number of nitrogens with one attached hydrogen (secondary N) is 3. The Bertz CT molecular complexity index is 434. The molecule has 0 radical (unpaired) electrons. The molecule has 0 saturated carbocycles. The Morgan fingerprint density at radius 1 is 1.44 bits per heavy atom. The van der Waals surface area contributed by atoms with Crippen LogP contribution in [0.5, 0.6) is 0 Å². The first-order valence-electron chi connectivity index (χ1n) is 5.81. The van der Waals surface area contributed by atoms with Crippen molar-refractivity contribution in [3.8, 4) is 0 Å². The zero-order valence-electron chi connectivity index (χ0n) is 10.8. The van der Waals surface area contributed by atoms with E-state index in [0.717, 1.165) is 0 Å². The number of carbonyl (C=O) groups excluding carboxylic acids is 2. The largest absolute Gasteiger partial charge is 0.370 e. The molecule has 1 rings (SSSR count). The van der Waals surface area contributed by atoms with E-state index in [-0.39, 0.29) is 11.8 Å². The average Bonchev–Trinajstić information content (AvgIpc) is 2.38. The number of likely N-dealkylation sites (N-methyl/N-ethyl adjacent to an activating group) is 1. The molecule has 0 bridgehead atoms. The fourth-order valence-corrected chi connectivity index (χ4v) is 1.45. The van der Waals surface area contributed by atoms with Crippen LogP contribution in [-0.4, -0.2) is 36.4 Å². The predicted octanol–water partition coefficient (Wildman–Crippen LogP) is 0.378. The lowest BCUT2D eigenvalue weighted by Gasteiger charge is -2.14. The Hall–Kier alpha value is -2.11. The van der Waals surface area contributed by atoms with Gasteiger partial charge < -0.3 is 16.0 Å². The number of amides is 2. The Labute approximate surface area is 106 Å². The fraction of sp³-hybridized carbons (Fsp3) is 0.417. The molecule has 1 unspecified atom stereocenters. The van der Waals surface area contributed by atoms with E-state index in [9.17, 15) is 9.59 Å². The third-order valence-corrected chi connectivity index (χ3v) is 2.38. The third kappa shape index (κ3) is 3.44. The van der Waals surface area contributed by atoms with Crippen LogP contribution in [0.15, 0.2) is 18.3 Å². The summed E-state index contributed by atoms with van der Waals surface area (Å²) in [6.45, 7) is 4.21. The lowest BCUT2D eigenvalue weighted by Crippen LogP contribution is -2.43. The molecule has 6 heteroatoms. The summed E-state index contributed by atoms with van der Waals surface area (Å²) in [5.74, 6) is -0.0472. The second kappa shape index (κ2) is 6.58. The topological polar surface area (TPSA) is 83.1 Å². The summed E-state index contributed by atoms with van der Waals surface area (Å²) < 4.78 is 0. The lowest BCUT2D eigenvalue weighted by atomic mass is 10.2. The third-order valence-electron chi connectivity index (χ3n) is 2.38. The molecule has 0 spiro atoms. The average molecular weight is 250 g/mol. The van der Waals surface area contributed by atoms with Crippen molar-refractivity contribution in [2.45, 2.75) is 19.9 Å². The number of anilines is 1. The molecule has 0 aliphatic rings. The number of nitrogens with zero attached hydrogens (tertiary/aromatic N) is 1. The smallest absolute Gasteiger partial charge is 0.255 e. The highest BCUT2D eigenvalue weighted by Gasteiger charge is 2.17. The molecule has 3 N–H and O–H groups in total. The zero-order valence-corrected chi connectivity index (χ0v) is 10.8.